The van der Waals surface area contributed by atoms with E-state index >= 15 is 0 Å². The molecular formula is C15H17N3OS. The minimum absolute atomic E-state index is 0.192. The van der Waals surface area contributed by atoms with Crippen molar-refractivity contribution in [2.45, 2.75) is 19.4 Å². The lowest BCUT2D eigenvalue weighted by atomic mass is 10.00. The quantitative estimate of drug-likeness (QED) is 0.811. The normalized spacial score (nSPS) is 19.9. The van der Waals surface area contributed by atoms with Crippen molar-refractivity contribution in [3.63, 3.8) is 0 Å². The van der Waals surface area contributed by atoms with Gasteiger partial charge in [0, 0.05) is 30.6 Å². The maximum atomic E-state index is 10.9. The first-order chi connectivity index (χ1) is 9.85. The molecule has 0 spiro atoms. The number of piperidine rings is 1. The predicted octanol–water partition coefficient (Wildman–Crippen LogP) is 2.62. The number of rotatable bonds is 4. The van der Waals surface area contributed by atoms with Crippen molar-refractivity contribution in [3.8, 4) is 10.7 Å². The summed E-state index contributed by atoms with van der Waals surface area (Å²) in [6, 6.07) is 5.86. The van der Waals surface area contributed by atoms with E-state index in [4.69, 9.17) is 0 Å². The van der Waals surface area contributed by atoms with Crippen molar-refractivity contribution in [2.24, 2.45) is 5.92 Å². The molecule has 1 saturated heterocycles. The molecule has 1 atom stereocenters. The summed E-state index contributed by atoms with van der Waals surface area (Å²) in [5.74, 6) is 0.192. The number of nitrogens with zero attached hydrogens (tertiary/aromatic N) is 3. The Morgan fingerprint density at radius 2 is 2.40 bits per heavy atom. The zero-order valence-electron chi connectivity index (χ0n) is 11.2. The van der Waals surface area contributed by atoms with Crippen LogP contribution in [0, 0.1) is 5.92 Å². The molecule has 1 aliphatic heterocycles. The van der Waals surface area contributed by atoms with Gasteiger partial charge < -0.3 is 4.79 Å². The zero-order valence-corrected chi connectivity index (χ0v) is 12.1. The van der Waals surface area contributed by atoms with E-state index in [-0.39, 0.29) is 5.92 Å². The fourth-order valence-corrected chi connectivity index (χ4v) is 3.35. The number of thiazole rings is 1. The molecule has 1 fully saturated rings. The Morgan fingerprint density at radius 3 is 3.20 bits per heavy atom. The van der Waals surface area contributed by atoms with E-state index in [0.717, 1.165) is 55.2 Å². The Bertz CT molecular complexity index is 570. The molecular weight excluding hydrogens is 270 g/mol. The molecule has 20 heavy (non-hydrogen) atoms. The second-order valence-electron chi connectivity index (χ2n) is 5.13. The van der Waals surface area contributed by atoms with Crippen molar-refractivity contribution < 1.29 is 4.79 Å². The standard InChI is InChI=1S/C15H17N3OS/c19-10-12-4-3-7-18(8-12)9-13-11-20-15(17-13)14-5-1-2-6-16-14/h1-2,5-6,10-12H,3-4,7-9H2. The van der Waals surface area contributed by atoms with Gasteiger partial charge in [-0.15, -0.1) is 11.3 Å². The van der Waals surface area contributed by atoms with Crippen molar-refractivity contribution >= 4 is 17.6 Å². The van der Waals surface area contributed by atoms with E-state index in [1.54, 1.807) is 17.5 Å². The van der Waals surface area contributed by atoms with Gasteiger partial charge in [-0.3, -0.25) is 9.88 Å². The first-order valence-electron chi connectivity index (χ1n) is 6.88. The molecule has 0 aliphatic carbocycles. The van der Waals surface area contributed by atoms with E-state index in [2.05, 4.69) is 20.2 Å². The van der Waals surface area contributed by atoms with Crippen LogP contribution in [-0.2, 0) is 11.3 Å². The third-order valence-electron chi connectivity index (χ3n) is 3.56. The summed E-state index contributed by atoms with van der Waals surface area (Å²) in [7, 11) is 0. The van der Waals surface area contributed by atoms with Crippen LogP contribution in [0.25, 0.3) is 10.7 Å². The topological polar surface area (TPSA) is 46.1 Å². The van der Waals surface area contributed by atoms with Gasteiger partial charge >= 0.3 is 0 Å². The summed E-state index contributed by atoms with van der Waals surface area (Å²) < 4.78 is 0. The van der Waals surface area contributed by atoms with Crippen molar-refractivity contribution in [1.82, 2.24) is 14.9 Å². The first kappa shape index (κ1) is 13.4. The Balaban J connectivity index is 1.67. The van der Waals surface area contributed by atoms with Gasteiger partial charge in [0.1, 0.15) is 11.3 Å². The Hall–Kier alpha value is -1.59. The molecule has 0 amide bonds. The SMILES string of the molecule is O=CC1CCCN(Cc2csc(-c3ccccn3)n2)C1. The number of carbonyl (C=O) groups excluding carboxylic acids is 1. The van der Waals surface area contributed by atoms with Gasteiger partial charge in [-0.05, 0) is 31.5 Å². The summed E-state index contributed by atoms with van der Waals surface area (Å²) in [4.78, 5) is 22.2. The van der Waals surface area contributed by atoms with E-state index in [1.807, 2.05) is 18.2 Å². The predicted molar refractivity (Wildman–Crippen MR) is 79.4 cm³/mol. The van der Waals surface area contributed by atoms with Crippen LogP contribution in [0.1, 0.15) is 18.5 Å². The van der Waals surface area contributed by atoms with Gasteiger partial charge in [-0.25, -0.2) is 4.98 Å². The number of aldehydes is 1. The van der Waals surface area contributed by atoms with Crippen LogP contribution in [0.15, 0.2) is 29.8 Å². The van der Waals surface area contributed by atoms with E-state index in [9.17, 15) is 4.79 Å². The summed E-state index contributed by atoms with van der Waals surface area (Å²) >= 11 is 1.63. The number of aromatic nitrogens is 2. The Kier molecular flexibility index (Phi) is 4.18. The fourth-order valence-electron chi connectivity index (χ4n) is 2.56. The molecule has 0 N–H and O–H groups in total. The maximum absolute atomic E-state index is 10.9. The Morgan fingerprint density at radius 1 is 1.45 bits per heavy atom. The fraction of sp³-hybridized carbons (Fsp3) is 0.400. The largest absolute Gasteiger partial charge is 0.303 e. The molecule has 3 rings (SSSR count). The van der Waals surface area contributed by atoms with Crippen molar-refractivity contribution in [3.05, 3.63) is 35.5 Å². The highest BCUT2D eigenvalue weighted by molar-refractivity contribution is 7.13. The molecule has 0 bridgehead atoms. The first-order valence-corrected chi connectivity index (χ1v) is 7.76. The van der Waals surface area contributed by atoms with Gasteiger partial charge in [0.15, 0.2) is 0 Å². The molecule has 2 aromatic heterocycles. The second kappa shape index (κ2) is 6.24. The Labute approximate surface area is 122 Å². The molecule has 0 saturated carbocycles. The van der Waals surface area contributed by atoms with Crippen LogP contribution in [-0.4, -0.2) is 34.2 Å². The minimum Gasteiger partial charge on any atom is -0.303 e. The number of hydrogen-bond donors (Lipinski definition) is 0. The van der Waals surface area contributed by atoms with Crippen LogP contribution in [0.5, 0.6) is 0 Å². The highest BCUT2D eigenvalue weighted by Gasteiger charge is 2.20. The lowest BCUT2D eigenvalue weighted by Crippen LogP contribution is -2.35. The lowest BCUT2D eigenvalue weighted by Gasteiger charge is -2.29. The molecule has 0 radical (unpaired) electrons. The summed E-state index contributed by atoms with van der Waals surface area (Å²) in [5.41, 5.74) is 2.00. The summed E-state index contributed by atoms with van der Waals surface area (Å²) in [6.07, 6.45) is 5.00. The van der Waals surface area contributed by atoms with Gasteiger partial charge in [-0.2, -0.15) is 0 Å². The van der Waals surface area contributed by atoms with Crippen LogP contribution < -0.4 is 0 Å². The van der Waals surface area contributed by atoms with Crippen LogP contribution in [0.2, 0.25) is 0 Å². The second-order valence-corrected chi connectivity index (χ2v) is 5.99. The van der Waals surface area contributed by atoms with Crippen LogP contribution in [0.4, 0.5) is 0 Å². The molecule has 104 valence electrons. The van der Waals surface area contributed by atoms with Crippen LogP contribution >= 0.6 is 11.3 Å². The summed E-state index contributed by atoms with van der Waals surface area (Å²) in [5, 5.41) is 3.05. The van der Waals surface area contributed by atoms with Gasteiger partial charge in [0.25, 0.3) is 0 Å². The molecule has 0 aromatic carbocycles. The number of pyridine rings is 1. The lowest BCUT2D eigenvalue weighted by molar-refractivity contribution is -0.112. The minimum atomic E-state index is 0.192. The monoisotopic (exact) mass is 287 g/mol. The highest BCUT2D eigenvalue weighted by atomic mass is 32.1. The van der Waals surface area contributed by atoms with E-state index in [0.29, 0.717) is 0 Å². The molecule has 5 heteroatoms. The molecule has 1 unspecified atom stereocenters. The maximum Gasteiger partial charge on any atom is 0.142 e. The third kappa shape index (κ3) is 3.11. The number of likely N-dealkylation sites (tertiary alicyclic amines) is 1. The average molecular weight is 287 g/mol. The van der Waals surface area contributed by atoms with Crippen molar-refractivity contribution in [1.29, 1.82) is 0 Å². The molecule has 3 heterocycles. The summed E-state index contributed by atoms with van der Waals surface area (Å²) in [6.45, 7) is 2.74. The van der Waals surface area contributed by atoms with E-state index < -0.39 is 0 Å². The van der Waals surface area contributed by atoms with Gasteiger partial charge in [0.2, 0.25) is 0 Å². The zero-order chi connectivity index (χ0) is 13.8. The number of hydrogen-bond acceptors (Lipinski definition) is 5. The van der Waals surface area contributed by atoms with Gasteiger partial charge in [0.05, 0.1) is 11.4 Å². The third-order valence-corrected chi connectivity index (χ3v) is 4.47. The van der Waals surface area contributed by atoms with Gasteiger partial charge in [-0.1, -0.05) is 6.07 Å². The highest BCUT2D eigenvalue weighted by Crippen LogP contribution is 2.23. The molecule has 1 aliphatic rings. The molecule has 2 aromatic rings. The van der Waals surface area contributed by atoms with E-state index in [1.165, 1.54) is 0 Å². The number of carbonyl (C=O) groups is 1. The van der Waals surface area contributed by atoms with Crippen molar-refractivity contribution in [2.75, 3.05) is 13.1 Å². The molecule has 4 nitrogen and oxygen atoms in total. The van der Waals surface area contributed by atoms with Crippen LogP contribution in [0.3, 0.4) is 0 Å². The average Bonchev–Trinajstić information content (AvgIpc) is 2.97. The smallest absolute Gasteiger partial charge is 0.142 e.